The van der Waals surface area contributed by atoms with Crippen molar-refractivity contribution >= 4 is 10.0 Å². The number of aromatic nitrogens is 2. The number of furan rings is 1. The molecular weight excluding hydrogens is 390 g/mol. The molecule has 154 valence electrons. The molecule has 0 aliphatic carbocycles. The van der Waals surface area contributed by atoms with Gasteiger partial charge in [0.1, 0.15) is 6.26 Å². The highest BCUT2D eigenvalue weighted by Crippen LogP contribution is 2.32. The zero-order chi connectivity index (χ0) is 20.6. The predicted molar refractivity (Wildman–Crippen MR) is 108 cm³/mol. The summed E-state index contributed by atoms with van der Waals surface area (Å²) in [6, 6.07) is 8.97. The highest BCUT2D eigenvalue weighted by atomic mass is 32.2. The molecule has 1 aliphatic heterocycles. The van der Waals surface area contributed by atoms with Gasteiger partial charge in [-0.05, 0) is 42.0 Å². The van der Waals surface area contributed by atoms with Crippen molar-refractivity contribution in [3.05, 3.63) is 54.3 Å². The quantitative estimate of drug-likeness (QED) is 0.634. The number of hydrogen-bond donors (Lipinski definition) is 0. The second kappa shape index (κ2) is 7.42. The highest BCUT2D eigenvalue weighted by molar-refractivity contribution is 7.89. The van der Waals surface area contributed by atoms with Crippen LogP contribution in [0.1, 0.15) is 51.0 Å². The molecule has 0 atom stereocenters. The first kappa shape index (κ1) is 19.8. The number of hydrogen-bond acceptors (Lipinski definition) is 6. The molecule has 1 aliphatic rings. The van der Waals surface area contributed by atoms with Gasteiger partial charge in [-0.25, -0.2) is 8.42 Å². The lowest BCUT2D eigenvalue weighted by molar-refractivity contribution is 0.291. The van der Waals surface area contributed by atoms with Gasteiger partial charge in [0.25, 0.3) is 5.89 Å². The fourth-order valence-corrected chi connectivity index (χ4v) is 4.99. The van der Waals surface area contributed by atoms with E-state index in [1.807, 2.05) is 12.1 Å². The van der Waals surface area contributed by atoms with Crippen LogP contribution in [0, 0.1) is 0 Å². The normalized spacial score (nSPS) is 16.9. The van der Waals surface area contributed by atoms with Crippen molar-refractivity contribution in [1.29, 1.82) is 0 Å². The Labute approximate surface area is 170 Å². The fraction of sp³-hybridized carbons (Fsp3) is 0.429. The van der Waals surface area contributed by atoms with E-state index < -0.39 is 10.0 Å². The van der Waals surface area contributed by atoms with E-state index in [9.17, 15) is 8.42 Å². The van der Waals surface area contributed by atoms with Crippen LogP contribution in [-0.4, -0.2) is 36.0 Å². The summed E-state index contributed by atoms with van der Waals surface area (Å²) in [5, 5.41) is 8.22. The molecule has 7 nitrogen and oxygen atoms in total. The zero-order valence-electron chi connectivity index (χ0n) is 16.8. The minimum absolute atomic E-state index is 0.0139. The summed E-state index contributed by atoms with van der Waals surface area (Å²) in [4.78, 5) is 0.337. The standard InChI is InChI=1S/C21H25N3O4S/c1-21(2,3)17-4-6-18(7-5-17)29(25,26)24-11-8-15(9-12-24)19-22-23-20(28-19)16-10-13-27-14-16/h4-7,10,13-15H,8-9,11-12H2,1-3H3. The molecule has 29 heavy (non-hydrogen) atoms. The lowest BCUT2D eigenvalue weighted by atomic mass is 9.87. The first-order valence-corrected chi connectivity index (χ1v) is 11.2. The monoisotopic (exact) mass is 415 g/mol. The molecule has 0 amide bonds. The van der Waals surface area contributed by atoms with Crippen LogP contribution < -0.4 is 0 Å². The summed E-state index contributed by atoms with van der Waals surface area (Å²) >= 11 is 0. The van der Waals surface area contributed by atoms with Crippen molar-refractivity contribution in [2.24, 2.45) is 0 Å². The van der Waals surface area contributed by atoms with Gasteiger partial charge >= 0.3 is 0 Å². The topological polar surface area (TPSA) is 89.4 Å². The van der Waals surface area contributed by atoms with E-state index in [0.29, 0.717) is 42.6 Å². The average molecular weight is 416 g/mol. The van der Waals surface area contributed by atoms with Gasteiger partial charge in [0.15, 0.2) is 0 Å². The van der Waals surface area contributed by atoms with E-state index in [0.717, 1.165) is 11.1 Å². The number of rotatable bonds is 4. The largest absolute Gasteiger partial charge is 0.472 e. The lowest BCUT2D eigenvalue weighted by Crippen LogP contribution is -2.38. The Kier molecular flexibility index (Phi) is 5.08. The van der Waals surface area contributed by atoms with Crippen molar-refractivity contribution in [3.63, 3.8) is 0 Å². The maximum absolute atomic E-state index is 13.0. The molecule has 8 heteroatoms. The molecule has 3 heterocycles. The van der Waals surface area contributed by atoms with Gasteiger partial charge < -0.3 is 8.83 Å². The van der Waals surface area contributed by atoms with Crippen molar-refractivity contribution in [2.75, 3.05) is 13.1 Å². The molecule has 0 spiro atoms. The second-order valence-corrected chi connectivity index (χ2v) is 10.3. The molecule has 0 unspecified atom stereocenters. The van der Waals surface area contributed by atoms with Crippen LogP contribution >= 0.6 is 0 Å². The summed E-state index contributed by atoms with van der Waals surface area (Å²) < 4.78 is 38.4. The predicted octanol–water partition coefficient (Wildman–Crippen LogP) is 4.20. The summed E-state index contributed by atoms with van der Waals surface area (Å²) in [5.74, 6) is 1.02. The second-order valence-electron chi connectivity index (χ2n) is 8.41. The molecule has 4 rings (SSSR count). The molecule has 1 saturated heterocycles. The molecule has 0 N–H and O–H groups in total. The lowest BCUT2D eigenvalue weighted by Gasteiger charge is -2.29. The maximum atomic E-state index is 13.0. The minimum atomic E-state index is -3.51. The Hall–Kier alpha value is -2.45. The number of sulfonamides is 1. The van der Waals surface area contributed by atoms with E-state index in [1.54, 1.807) is 35.0 Å². The van der Waals surface area contributed by atoms with Crippen LogP contribution in [0.2, 0.25) is 0 Å². The summed E-state index contributed by atoms with van der Waals surface area (Å²) in [6.45, 7) is 7.18. The van der Waals surface area contributed by atoms with Crippen LogP contribution in [0.3, 0.4) is 0 Å². The molecule has 0 bridgehead atoms. The van der Waals surface area contributed by atoms with Gasteiger partial charge in [-0.1, -0.05) is 32.9 Å². The number of piperidine rings is 1. The third kappa shape index (κ3) is 4.00. The third-order valence-electron chi connectivity index (χ3n) is 5.37. The Morgan fingerprint density at radius 1 is 1.03 bits per heavy atom. The Morgan fingerprint density at radius 3 is 2.31 bits per heavy atom. The number of benzene rings is 1. The van der Waals surface area contributed by atoms with E-state index in [4.69, 9.17) is 8.83 Å². The van der Waals surface area contributed by atoms with Gasteiger partial charge in [0.2, 0.25) is 15.9 Å². The van der Waals surface area contributed by atoms with Crippen LogP contribution in [0.15, 0.2) is 56.6 Å². The van der Waals surface area contributed by atoms with Crippen LogP contribution in [0.5, 0.6) is 0 Å². The molecule has 2 aromatic heterocycles. The summed E-state index contributed by atoms with van der Waals surface area (Å²) in [7, 11) is -3.51. The molecule has 1 fully saturated rings. The van der Waals surface area contributed by atoms with Gasteiger partial charge in [-0.2, -0.15) is 4.31 Å². The smallest absolute Gasteiger partial charge is 0.250 e. The van der Waals surface area contributed by atoms with Crippen molar-refractivity contribution in [1.82, 2.24) is 14.5 Å². The van der Waals surface area contributed by atoms with E-state index >= 15 is 0 Å². The first-order valence-electron chi connectivity index (χ1n) is 9.72. The average Bonchev–Trinajstić information content (AvgIpc) is 3.39. The van der Waals surface area contributed by atoms with E-state index in [1.165, 1.54) is 0 Å². The van der Waals surface area contributed by atoms with Crippen LogP contribution in [0.25, 0.3) is 11.5 Å². The molecule has 0 saturated carbocycles. The molecule has 3 aromatic rings. The first-order chi connectivity index (χ1) is 13.7. The SMILES string of the molecule is CC(C)(C)c1ccc(S(=O)(=O)N2CCC(c3nnc(-c4ccoc4)o3)CC2)cc1. The van der Waals surface area contributed by atoms with E-state index in [-0.39, 0.29) is 11.3 Å². The van der Waals surface area contributed by atoms with Crippen LogP contribution in [-0.2, 0) is 15.4 Å². The van der Waals surface area contributed by atoms with Gasteiger partial charge in [0.05, 0.1) is 16.7 Å². The van der Waals surface area contributed by atoms with Crippen molar-refractivity contribution in [2.45, 2.75) is 49.8 Å². The molecule has 1 aromatic carbocycles. The number of nitrogens with zero attached hydrogens (tertiary/aromatic N) is 3. The van der Waals surface area contributed by atoms with Gasteiger partial charge in [-0.3, -0.25) is 0 Å². The summed E-state index contributed by atoms with van der Waals surface area (Å²) in [5.41, 5.74) is 1.84. The molecule has 0 radical (unpaired) electrons. The van der Waals surface area contributed by atoms with Gasteiger partial charge in [-0.15, -0.1) is 10.2 Å². The van der Waals surface area contributed by atoms with Crippen LogP contribution in [0.4, 0.5) is 0 Å². The minimum Gasteiger partial charge on any atom is -0.472 e. The Balaban J connectivity index is 1.43. The van der Waals surface area contributed by atoms with E-state index in [2.05, 4.69) is 31.0 Å². The third-order valence-corrected chi connectivity index (χ3v) is 7.28. The Morgan fingerprint density at radius 2 is 1.72 bits per heavy atom. The van der Waals surface area contributed by atoms with Crippen molar-refractivity contribution in [3.8, 4) is 11.5 Å². The maximum Gasteiger partial charge on any atom is 0.250 e. The van der Waals surface area contributed by atoms with Crippen molar-refractivity contribution < 1.29 is 17.3 Å². The Bertz CT molecular complexity index is 1060. The molecular formula is C21H25N3O4S. The zero-order valence-corrected chi connectivity index (χ0v) is 17.6. The van der Waals surface area contributed by atoms with Gasteiger partial charge in [0, 0.05) is 19.0 Å². The fourth-order valence-electron chi connectivity index (χ4n) is 3.52. The summed E-state index contributed by atoms with van der Waals surface area (Å²) in [6.07, 6.45) is 4.40. The highest BCUT2D eigenvalue weighted by Gasteiger charge is 2.32.